The first-order chi connectivity index (χ1) is 12.6. The fourth-order valence-electron chi connectivity index (χ4n) is 3.16. The van der Waals surface area contributed by atoms with Gasteiger partial charge < -0.3 is 14.4 Å². The molecule has 0 bridgehead atoms. The second-order valence-electron chi connectivity index (χ2n) is 6.62. The highest BCUT2D eigenvalue weighted by atomic mass is 35.5. The van der Waals surface area contributed by atoms with Crippen molar-refractivity contribution in [3.63, 3.8) is 0 Å². The van der Waals surface area contributed by atoms with Crippen LogP contribution in [0.2, 0.25) is 5.02 Å². The Hall–Kier alpha value is -2.27. The van der Waals surface area contributed by atoms with Gasteiger partial charge in [0.1, 0.15) is 19.0 Å². The molecule has 6 heteroatoms. The number of benzene rings is 2. The predicted octanol–water partition coefficient (Wildman–Crippen LogP) is 3.98. The van der Waals surface area contributed by atoms with Gasteiger partial charge in [-0.25, -0.2) is 4.39 Å². The number of fused-ring (bicyclic) bond motifs is 1. The largest absolute Gasteiger partial charge is 0.486 e. The zero-order valence-electron chi connectivity index (χ0n) is 14.2. The maximum Gasteiger partial charge on any atom is 0.227 e. The predicted molar refractivity (Wildman–Crippen MR) is 96.1 cm³/mol. The highest BCUT2D eigenvalue weighted by Gasteiger charge is 2.33. The molecule has 0 saturated heterocycles. The highest BCUT2D eigenvalue weighted by molar-refractivity contribution is 6.32. The van der Waals surface area contributed by atoms with E-state index in [0.717, 1.165) is 18.4 Å². The number of hydrogen-bond acceptors (Lipinski definition) is 3. The molecule has 1 aliphatic carbocycles. The SMILES string of the molecule is O=C(Cc1cc(Cl)c2c(c1)OCCO2)N(Cc1ccccc1F)C1CC1. The van der Waals surface area contributed by atoms with Gasteiger partial charge in [-0.15, -0.1) is 0 Å². The Morgan fingerprint density at radius 2 is 1.96 bits per heavy atom. The van der Waals surface area contributed by atoms with Crippen LogP contribution < -0.4 is 9.47 Å². The number of halogens is 2. The molecule has 1 fully saturated rings. The number of carbonyl (C=O) groups is 1. The fraction of sp³-hybridized carbons (Fsp3) is 0.350. The molecule has 1 heterocycles. The van der Waals surface area contributed by atoms with Crippen LogP contribution in [0.1, 0.15) is 24.0 Å². The smallest absolute Gasteiger partial charge is 0.227 e. The van der Waals surface area contributed by atoms with Gasteiger partial charge in [0.05, 0.1) is 11.4 Å². The van der Waals surface area contributed by atoms with E-state index < -0.39 is 0 Å². The monoisotopic (exact) mass is 375 g/mol. The van der Waals surface area contributed by atoms with Gasteiger partial charge >= 0.3 is 0 Å². The molecule has 4 rings (SSSR count). The van der Waals surface area contributed by atoms with E-state index in [0.29, 0.717) is 35.3 Å². The van der Waals surface area contributed by atoms with Gasteiger partial charge in [-0.1, -0.05) is 29.8 Å². The van der Waals surface area contributed by atoms with Crippen LogP contribution in [0, 0.1) is 5.82 Å². The van der Waals surface area contributed by atoms with E-state index in [1.807, 2.05) is 0 Å². The Morgan fingerprint density at radius 1 is 1.19 bits per heavy atom. The number of ether oxygens (including phenoxy) is 2. The van der Waals surface area contributed by atoms with E-state index in [1.54, 1.807) is 35.2 Å². The molecule has 26 heavy (non-hydrogen) atoms. The first-order valence-electron chi connectivity index (χ1n) is 8.72. The van der Waals surface area contributed by atoms with Crippen molar-refractivity contribution in [2.45, 2.75) is 31.8 Å². The molecule has 2 aromatic rings. The molecule has 0 N–H and O–H groups in total. The average Bonchev–Trinajstić information content (AvgIpc) is 3.46. The van der Waals surface area contributed by atoms with Crippen LogP contribution in [-0.4, -0.2) is 30.1 Å². The van der Waals surface area contributed by atoms with Gasteiger partial charge in [-0.2, -0.15) is 0 Å². The molecule has 0 unspecified atom stereocenters. The lowest BCUT2D eigenvalue weighted by Gasteiger charge is -2.24. The molecule has 1 saturated carbocycles. The zero-order valence-corrected chi connectivity index (χ0v) is 15.0. The first kappa shape index (κ1) is 17.2. The van der Waals surface area contributed by atoms with Crippen LogP contribution in [0.25, 0.3) is 0 Å². The van der Waals surface area contributed by atoms with Crippen LogP contribution in [-0.2, 0) is 17.8 Å². The quantitative estimate of drug-likeness (QED) is 0.793. The van der Waals surface area contributed by atoms with Gasteiger partial charge in [0.25, 0.3) is 0 Å². The summed E-state index contributed by atoms with van der Waals surface area (Å²) in [5.74, 6) is 0.773. The third-order valence-electron chi connectivity index (χ3n) is 4.62. The van der Waals surface area contributed by atoms with Crippen molar-refractivity contribution < 1.29 is 18.7 Å². The Labute approximate surface area is 156 Å². The summed E-state index contributed by atoms with van der Waals surface area (Å²) in [6.45, 7) is 1.21. The summed E-state index contributed by atoms with van der Waals surface area (Å²) in [5, 5.41) is 0.442. The second-order valence-corrected chi connectivity index (χ2v) is 7.03. The van der Waals surface area contributed by atoms with Gasteiger partial charge in [-0.3, -0.25) is 4.79 Å². The van der Waals surface area contributed by atoms with E-state index in [9.17, 15) is 9.18 Å². The third kappa shape index (κ3) is 3.63. The third-order valence-corrected chi connectivity index (χ3v) is 4.90. The van der Waals surface area contributed by atoms with Crippen molar-refractivity contribution in [1.29, 1.82) is 0 Å². The van der Waals surface area contributed by atoms with E-state index in [2.05, 4.69) is 0 Å². The lowest BCUT2D eigenvalue weighted by Crippen LogP contribution is -2.34. The van der Waals surface area contributed by atoms with Crippen molar-refractivity contribution in [2.24, 2.45) is 0 Å². The molecule has 0 atom stereocenters. The number of amides is 1. The zero-order chi connectivity index (χ0) is 18.1. The maximum atomic E-state index is 14.0. The van der Waals surface area contributed by atoms with E-state index in [-0.39, 0.29) is 30.7 Å². The van der Waals surface area contributed by atoms with Crippen molar-refractivity contribution >= 4 is 17.5 Å². The summed E-state index contributed by atoms with van der Waals surface area (Å²) < 4.78 is 25.1. The molecule has 2 aromatic carbocycles. The molecule has 1 aliphatic heterocycles. The van der Waals surface area contributed by atoms with Crippen molar-refractivity contribution in [3.8, 4) is 11.5 Å². The topological polar surface area (TPSA) is 38.8 Å². The van der Waals surface area contributed by atoms with Gasteiger partial charge in [-0.05, 0) is 36.6 Å². The van der Waals surface area contributed by atoms with Crippen molar-refractivity contribution in [3.05, 3.63) is 58.4 Å². The average molecular weight is 376 g/mol. The molecule has 1 amide bonds. The van der Waals surface area contributed by atoms with Gasteiger partial charge in [0.2, 0.25) is 5.91 Å². The highest BCUT2D eigenvalue weighted by Crippen LogP contribution is 2.39. The second kappa shape index (κ2) is 7.16. The van der Waals surface area contributed by atoms with E-state index in [4.69, 9.17) is 21.1 Å². The van der Waals surface area contributed by atoms with E-state index >= 15 is 0 Å². The summed E-state index contributed by atoms with van der Waals surface area (Å²) in [4.78, 5) is 14.6. The molecule has 4 nitrogen and oxygen atoms in total. The lowest BCUT2D eigenvalue weighted by atomic mass is 10.1. The minimum absolute atomic E-state index is 0.0384. The van der Waals surface area contributed by atoms with Crippen LogP contribution in [0.5, 0.6) is 11.5 Å². The summed E-state index contributed by atoms with van der Waals surface area (Å²) in [7, 11) is 0. The summed E-state index contributed by atoms with van der Waals surface area (Å²) in [5.41, 5.74) is 1.30. The van der Waals surface area contributed by atoms with Crippen LogP contribution in [0.4, 0.5) is 4.39 Å². The van der Waals surface area contributed by atoms with Crippen LogP contribution in [0.15, 0.2) is 36.4 Å². The fourth-order valence-corrected chi connectivity index (χ4v) is 3.45. The number of rotatable bonds is 5. The first-order valence-corrected chi connectivity index (χ1v) is 9.10. The molecular formula is C20H19ClFNO3. The number of carbonyl (C=O) groups excluding carboxylic acids is 1. The van der Waals surface area contributed by atoms with Crippen LogP contribution >= 0.6 is 11.6 Å². The molecular weight excluding hydrogens is 357 g/mol. The lowest BCUT2D eigenvalue weighted by molar-refractivity contribution is -0.131. The summed E-state index contributed by atoms with van der Waals surface area (Å²) >= 11 is 6.26. The van der Waals surface area contributed by atoms with Crippen molar-refractivity contribution in [2.75, 3.05) is 13.2 Å². The molecule has 0 spiro atoms. The standard InChI is InChI=1S/C20H19ClFNO3/c21-16-9-13(10-18-20(16)26-8-7-25-18)11-19(24)23(15-5-6-15)12-14-3-1-2-4-17(14)22/h1-4,9-10,15H,5-8,11-12H2. The summed E-state index contributed by atoms with van der Waals surface area (Å²) in [6.07, 6.45) is 2.12. The van der Waals surface area contributed by atoms with Gasteiger partial charge in [0.15, 0.2) is 11.5 Å². The minimum Gasteiger partial charge on any atom is -0.486 e. The molecule has 2 aliphatic rings. The summed E-state index contributed by atoms with van der Waals surface area (Å²) in [6, 6.07) is 10.3. The Balaban J connectivity index is 1.52. The van der Waals surface area contributed by atoms with Crippen molar-refractivity contribution in [1.82, 2.24) is 4.90 Å². The maximum absolute atomic E-state index is 14.0. The van der Waals surface area contributed by atoms with Gasteiger partial charge in [0, 0.05) is 18.2 Å². The van der Waals surface area contributed by atoms with E-state index in [1.165, 1.54) is 6.07 Å². The number of nitrogens with zero attached hydrogens (tertiary/aromatic N) is 1. The molecule has 0 radical (unpaired) electrons. The Bertz CT molecular complexity index is 838. The molecule has 0 aromatic heterocycles. The Kier molecular flexibility index (Phi) is 4.72. The number of hydrogen-bond donors (Lipinski definition) is 0. The van der Waals surface area contributed by atoms with Crippen LogP contribution in [0.3, 0.4) is 0 Å². The minimum atomic E-state index is -0.284. The normalized spacial score (nSPS) is 15.6. The molecule has 136 valence electrons. The Morgan fingerprint density at radius 3 is 2.73 bits per heavy atom.